The molecule has 2 heterocycles. The zero-order valence-electron chi connectivity index (χ0n) is 11.8. The number of nitrogens with zero attached hydrogens (tertiary/aromatic N) is 2. The van der Waals surface area contributed by atoms with E-state index in [9.17, 15) is 18.5 Å². The van der Waals surface area contributed by atoms with Gasteiger partial charge in [0.1, 0.15) is 10.8 Å². The van der Waals surface area contributed by atoms with Gasteiger partial charge in [-0.3, -0.25) is 4.79 Å². The van der Waals surface area contributed by atoms with Crippen LogP contribution in [0.1, 0.15) is 32.1 Å². The number of amides is 1. The van der Waals surface area contributed by atoms with Crippen LogP contribution in [0.2, 0.25) is 0 Å². The molecule has 0 aliphatic carbocycles. The van der Waals surface area contributed by atoms with Crippen LogP contribution in [0.5, 0.6) is 0 Å². The second-order valence-electron chi connectivity index (χ2n) is 5.84. The monoisotopic (exact) mass is 299 g/mol. The smallest absolute Gasteiger partial charge is 0.239 e. The van der Waals surface area contributed by atoms with Gasteiger partial charge in [0.2, 0.25) is 5.91 Å². The average molecular weight is 299 g/mol. The Morgan fingerprint density at radius 1 is 1.35 bits per heavy atom. The SMILES string of the molecule is CN1CCC(C#N)(NC(=O)C2CCCCS2(=O)=O)CC1. The van der Waals surface area contributed by atoms with Crippen LogP contribution in [0.15, 0.2) is 0 Å². The molecule has 112 valence electrons. The first kappa shape index (κ1) is 15.3. The molecule has 2 aliphatic heterocycles. The largest absolute Gasteiger partial charge is 0.337 e. The Morgan fingerprint density at radius 3 is 2.55 bits per heavy atom. The van der Waals surface area contributed by atoms with Crippen molar-refractivity contribution in [3.05, 3.63) is 0 Å². The lowest BCUT2D eigenvalue weighted by molar-refractivity contribution is -0.122. The van der Waals surface area contributed by atoms with Crippen molar-refractivity contribution in [2.75, 3.05) is 25.9 Å². The van der Waals surface area contributed by atoms with Gasteiger partial charge in [0.15, 0.2) is 9.84 Å². The predicted octanol–water partition coefficient (Wildman–Crippen LogP) is 0.0579. The van der Waals surface area contributed by atoms with E-state index < -0.39 is 26.5 Å². The molecule has 2 fully saturated rings. The van der Waals surface area contributed by atoms with Gasteiger partial charge in [-0.05, 0) is 32.7 Å². The van der Waals surface area contributed by atoms with Crippen LogP contribution < -0.4 is 5.32 Å². The van der Waals surface area contributed by atoms with Gasteiger partial charge in [0, 0.05) is 13.1 Å². The number of hydrogen-bond donors (Lipinski definition) is 1. The van der Waals surface area contributed by atoms with E-state index in [0.717, 1.165) is 19.5 Å². The van der Waals surface area contributed by atoms with Crippen LogP contribution in [0, 0.1) is 11.3 Å². The molecule has 1 N–H and O–H groups in total. The number of likely N-dealkylation sites (tertiary alicyclic amines) is 1. The summed E-state index contributed by atoms with van der Waals surface area (Å²) in [6.45, 7) is 1.45. The molecule has 0 bridgehead atoms. The van der Waals surface area contributed by atoms with Gasteiger partial charge in [-0.25, -0.2) is 8.42 Å². The average Bonchev–Trinajstić information content (AvgIpc) is 2.41. The van der Waals surface area contributed by atoms with Crippen molar-refractivity contribution in [1.29, 1.82) is 5.26 Å². The number of sulfone groups is 1. The van der Waals surface area contributed by atoms with Gasteiger partial charge in [-0.1, -0.05) is 6.42 Å². The molecule has 2 aliphatic rings. The molecule has 0 saturated carbocycles. The summed E-state index contributed by atoms with van der Waals surface area (Å²) in [6.07, 6.45) is 2.83. The summed E-state index contributed by atoms with van der Waals surface area (Å²) in [7, 11) is -1.38. The molecule has 1 amide bonds. The molecule has 0 spiro atoms. The van der Waals surface area contributed by atoms with Crippen LogP contribution in [0.3, 0.4) is 0 Å². The molecule has 1 unspecified atom stereocenters. The fourth-order valence-corrected chi connectivity index (χ4v) is 4.63. The number of piperidine rings is 1. The second-order valence-corrected chi connectivity index (χ2v) is 8.14. The number of carbonyl (C=O) groups is 1. The Balaban J connectivity index is 2.08. The Kier molecular flexibility index (Phi) is 4.35. The number of carbonyl (C=O) groups excluding carboxylic acids is 1. The topological polar surface area (TPSA) is 90.3 Å². The summed E-state index contributed by atoms with van der Waals surface area (Å²) in [5.41, 5.74) is -0.906. The molecule has 6 nitrogen and oxygen atoms in total. The van der Waals surface area contributed by atoms with Gasteiger partial charge in [-0.15, -0.1) is 0 Å². The standard InChI is InChI=1S/C13H21N3O3S/c1-16-7-5-13(10-14,6-8-16)15-12(17)11-4-2-3-9-20(11,18)19/h11H,2-9H2,1H3,(H,15,17). The summed E-state index contributed by atoms with van der Waals surface area (Å²) in [4.78, 5) is 14.4. The van der Waals surface area contributed by atoms with E-state index >= 15 is 0 Å². The van der Waals surface area contributed by atoms with Crippen molar-refractivity contribution in [1.82, 2.24) is 10.2 Å². The van der Waals surface area contributed by atoms with E-state index in [1.165, 1.54) is 0 Å². The summed E-state index contributed by atoms with van der Waals surface area (Å²) < 4.78 is 23.9. The lowest BCUT2D eigenvalue weighted by Crippen LogP contribution is -2.57. The van der Waals surface area contributed by atoms with Crippen LogP contribution in [-0.2, 0) is 14.6 Å². The Hall–Kier alpha value is -1.13. The number of rotatable bonds is 2. The third-order valence-corrected chi connectivity index (χ3v) is 6.46. The normalized spacial score (nSPS) is 29.3. The van der Waals surface area contributed by atoms with Gasteiger partial charge in [-0.2, -0.15) is 5.26 Å². The van der Waals surface area contributed by atoms with E-state index in [1.54, 1.807) is 0 Å². The first-order valence-electron chi connectivity index (χ1n) is 7.02. The van der Waals surface area contributed by atoms with Crippen molar-refractivity contribution < 1.29 is 13.2 Å². The van der Waals surface area contributed by atoms with E-state index in [0.29, 0.717) is 25.7 Å². The van der Waals surface area contributed by atoms with Gasteiger partial charge in [0.25, 0.3) is 0 Å². The summed E-state index contributed by atoms with van der Waals surface area (Å²) >= 11 is 0. The Bertz CT molecular complexity index is 515. The second kappa shape index (κ2) is 5.70. The van der Waals surface area contributed by atoms with E-state index in [-0.39, 0.29) is 5.75 Å². The van der Waals surface area contributed by atoms with Gasteiger partial charge < -0.3 is 10.2 Å². The highest BCUT2D eigenvalue weighted by Gasteiger charge is 2.41. The van der Waals surface area contributed by atoms with Gasteiger partial charge >= 0.3 is 0 Å². The maximum Gasteiger partial charge on any atom is 0.239 e. The minimum atomic E-state index is -3.35. The van der Waals surface area contributed by atoms with E-state index in [4.69, 9.17) is 0 Å². The minimum Gasteiger partial charge on any atom is -0.337 e. The molecule has 0 aromatic carbocycles. The maximum atomic E-state index is 12.3. The third kappa shape index (κ3) is 3.13. The fraction of sp³-hybridized carbons (Fsp3) is 0.846. The number of hydrogen-bond acceptors (Lipinski definition) is 5. The highest BCUT2D eigenvalue weighted by molar-refractivity contribution is 7.92. The van der Waals surface area contributed by atoms with Crippen molar-refractivity contribution in [2.24, 2.45) is 0 Å². The first-order chi connectivity index (χ1) is 9.38. The first-order valence-corrected chi connectivity index (χ1v) is 8.73. The summed E-state index contributed by atoms with van der Waals surface area (Å²) in [5, 5.41) is 11.1. The molecule has 20 heavy (non-hydrogen) atoms. The molecule has 2 saturated heterocycles. The lowest BCUT2D eigenvalue weighted by atomic mass is 9.89. The van der Waals surface area contributed by atoms with Crippen LogP contribution >= 0.6 is 0 Å². The van der Waals surface area contributed by atoms with Crippen LogP contribution in [0.25, 0.3) is 0 Å². The van der Waals surface area contributed by atoms with Crippen molar-refractivity contribution in [3.8, 4) is 6.07 Å². The molecular formula is C13H21N3O3S. The zero-order valence-corrected chi connectivity index (χ0v) is 12.6. The maximum absolute atomic E-state index is 12.3. The highest BCUT2D eigenvalue weighted by Crippen LogP contribution is 2.24. The minimum absolute atomic E-state index is 0.0768. The molecular weight excluding hydrogens is 278 g/mol. The number of nitriles is 1. The molecule has 0 aromatic rings. The lowest BCUT2D eigenvalue weighted by Gasteiger charge is -2.37. The Labute approximate surface area is 120 Å². The van der Waals surface area contributed by atoms with Crippen LogP contribution in [0.4, 0.5) is 0 Å². The van der Waals surface area contributed by atoms with Crippen molar-refractivity contribution >= 4 is 15.7 Å². The molecule has 0 aromatic heterocycles. The molecule has 2 rings (SSSR count). The third-order valence-electron chi connectivity index (χ3n) is 4.29. The van der Waals surface area contributed by atoms with Crippen molar-refractivity contribution in [2.45, 2.75) is 42.9 Å². The molecule has 0 radical (unpaired) electrons. The van der Waals surface area contributed by atoms with E-state index in [2.05, 4.69) is 16.3 Å². The summed E-state index contributed by atoms with van der Waals surface area (Å²) in [6, 6.07) is 2.18. The summed E-state index contributed by atoms with van der Waals surface area (Å²) in [5.74, 6) is -0.413. The molecule has 1 atom stereocenters. The Morgan fingerprint density at radius 2 is 2.00 bits per heavy atom. The number of nitrogens with one attached hydrogen (secondary N) is 1. The van der Waals surface area contributed by atoms with Crippen LogP contribution in [-0.4, -0.2) is 55.9 Å². The zero-order chi connectivity index (χ0) is 14.8. The van der Waals surface area contributed by atoms with Gasteiger partial charge in [0.05, 0.1) is 11.8 Å². The van der Waals surface area contributed by atoms with Crippen molar-refractivity contribution in [3.63, 3.8) is 0 Å². The molecule has 7 heteroatoms. The van der Waals surface area contributed by atoms with E-state index in [1.807, 2.05) is 7.05 Å². The fourth-order valence-electron chi connectivity index (χ4n) is 2.83. The quantitative estimate of drug-likeness (QED) is 0.778. The highest BCUT2D eigenvalue weighted by atomic mass is 32.2. The predicted molar refractivity (Wildman–Crippen MR) is 74.6 cm³/mol.